The summed E-state index contributed by atoms with van der Waals surface area (Å²) in [5.74, 6) is 0. The van der Waals surface area contributed by atoms with Gasteiger partial charge in [0.2, 0.25) is 0 Å². The van der Waals surface area contributed by atoms with Crippen molar-refractivity contribution in [2.24, 2.45) is 0 Å². The van der Waals surface area contributed by atoms with E-state index in [0.29, 0.717) is 0 Å². The molecule has 2 heteroatoms. The van der Waals surface area contributed by atoms with Crippen LogP contribution in [0.4, 0.5) is 0 Å². The lowest BCUT2D eigenvalue weighted by atomic mass is 9.89. The molecule has 0 spiro atoms. The van der Waals surface area contributed by atoms with Gasteiger partial charge in [0.15, 0.2) is 0 Å². The van der Waals surface area contributed by atoms with Crippen molar-refractivity contribution in [2.75, 3.05) is 19.8 Å². The van der Waals surface area contributed by atoms with E-state index in [2.05, 4.69) is 77.3 Å². The van der Waals surface area contributed by atoms with Gasteiger partial charge in [0, 0.05) is 26.2 Å². The predicted octanol–water partition coefficient (Wildman–Crippen LogP) is 5.43. The normalized spacial score (nSPS) is 15.7. The van der Waals surface area contributed by atoms with Crippen LogP contribution in [0.2, 0.25) is 0 Å². The van der Waals surface area contributed by atoms with Gasteiger partial charge in [-0.3, -0.25) is 9.80 Å². The van der Waals surface area contributed by atoms with E-state index in [1.807, 2.05) is 0 Å². The van der Waals surface area contributed by atoms with E-state index in [4.69, 9.17) is 0 Å². The third-order valence-electron chi connectivity index (χ3n) is 6.89. The first kappa shape index (κ1) is 20.1. The van der Waals surface area contributed by atoms with E-state index in [1.54, 1.807) is 5.56 Å². The van der Waals surface area contributed by atoms with Crippen LogP contribution in [0.3, 0.4) is 0 Å². The molecule has 0 radical (unpaired) electrons. The molecule has 2 nitrogen and oxygen atoms in total. The Hall–Kier alpha value is -1.64. The van der Waals surface area contributed by atoms with Crippen LogP contribution in [0.1, 0.15) is 55.6 Å². The SMILES string of the molecule is Cc1cc(C)c(CN2CCN(Cc3c(C)c(C)c(C)c(C)c3C)C2)c(C)c1. The summed E-state index contributed by atoms with van der Waals surface area (Å²) >= 11 is 0. The number of benzene rings is 2. The standard InChI is InChI=1S/C25H36N2/c1-16-11-17(2)24(18(3)12-16)13-26-9-10-27(15-26)14-25-22(7)20(5)19(4)21(6)23(25)8/h11-12H,9-10,13-15H2,1-8H3. The summed E-state index contributed by atoms with van der Waals surface area (Å²) in [5, 5.41) is 0. The molecule has 1 fully saturated rings. The average Bonchev–Trinajstić information content (AvgIpc) is 3.05. The highest BCUT2D eigenvalue weighted by Gasteiger charge is 2.23. The summed E-state index contributed by atoms with van der Waals surface area (Å²) in [5.41, 5.74) is 14.7. The van der Waals surface area contributed by atoms with Crippen LogP contribution < -0.4 is 0 Å². The largest absolute Gasteiger partial charge is 0.285 e. The Morgan fingerprint density at radius 1 is 0.593 bits per heavy atom. The minimum Gasteiger partial charge on any atom is -0.285 e. The lowest BCUT2D eigenvalue weighted by Gasteiger charge is -2.24. The highest BCUT2D eigenvalue weighted by molar-refractivity contribution is 5.49. The Morgan fingerprint density at radius 3 is 1.48 bits per heavy atom. The fourth-order valence-electron chi connectivity index (χ4n) is 4.69. The minimum atomic E-state index is 1.07. The average molecular weight is 365 g/mol. The van der Waals surface area contributed by atoms with Gasteiger partial charge in [-0.05, 0) is 105 Å². The molecule has 0 bridgehead atoms. The van der Waals surface area contributed by atoms with E-state index < -0.39 is 0 Å². The molecule has 1 aliphatic rings. The number of rotatable bonds is 4. The van der Waals surface area contributed by atoms with Crippen LogP contribution in [0.15, 0.2) is 12.1 Å². The number of nitrogens with zero attached hydrogens (tertiary/aromatic N) is 2. The smallest absolute Gasteiger partial charge is 0.0513 e. The van der Waals surface area contributed by atoms with Crippen LogP contribution in [0.5, 0.6) is 0 Å². The van der Waals surface area contributed by atoms with Gasteiger partial charge < -0.3 is 0 Å². The predicted molar refractivity (Wildman–Crippen MR) is 116 cm³/mol. The second-order valence-corrected chi connectivity index (χ2v) is 8.73. The molecule has 1 aliphatic heterocycles. The van der Waals surface area contributed by atoms with E-state index >= 15 is 0 Å². The first-order valence-electron chi connectivity index (χ1n) is 10.3. The molecule has 146 valence electrons. The molecule has 0 N–H and O–H groups in total. The zero-order valence-electron chi connectivity index (χ0n) is 18.6. The molecular formula is C25H36N2. The van der Waals surface area contributed by atoms with Gasteiger partial charge in [-0.25, -0.2) is 0 Å². The van der Waals surface area contributed by atoms with Crippen LogP contribution >= 0.6 is 0 Å². The maximum absolute atomic E-state index is 2.61. The molecule has 0 saturated carbocycles. The van der Waals surface area contributed by atoms with Crippen molar-refractivity contribution in [2.45, 2.75) is 68.5 Å². The lowest BCUT2D eigenvalue weighted by Crippen LogP contribution is -2.26. The third kappa shape index (κ3) is 3.97. The van der Waals surface area contributed by atoms with Gasteiger partial charge in [-0.15, -0.1) is 0 Å². The molecular weight excluding hydrogens is 328 g/mol. The summed E-state index contributed by atoms with van der Waals surface area (Å²) in [4.78, 5) is 5.21. The molecule has 1 heterocycles. The number of hydrogen-bond acceptors (Lipinski definition) is 2. The molecule has 2 aromatic rings. The van der Waals surface area contributed by atoms with Crippen molar-refractivity contribution < 1.29 is 0 Å². The molecule has 0 atom stereocenters. The fourth-order valence-corrected chi connectivity index (χ4v) is 4.69. The second kappa shape index (κ2) is 7.77. The number of hydrogen-bond donors (Lipinski definition) is 0. The van der Waals surface area contributed by atoms with Gasteiger partial charge in [0.1, 0.15) is 0 Å². The van der Waals surface area contributed by atoms with Crippen molar-refractivity contribution in [3.63, 3.8) is 0 Å². The summed E-state index contributed by atoms with van der Waals surface area (Å²) in [6.07, 6.45) is 0. The summed E-state index contributed by atoms with van der Waals surface area (Å²) in [7, 11) is 0. The van der Waals surface area contributed by atoms with Crippen molar-refractivity contribution in [3.8, 4) is 0 Å². The Kier molecular flexibility index (Phi) is 5.79. The highest BCUT2D eigenvalue weighted by atomic mass is 15.4. The topological polar surface area (TPSA) is 6.48 Å². The summed E-state index contributed by atoms with van der Waals surface area (Å²) in [6, 6.07) is 4.64. The highest BCUT2D eigenvalue weighted by Crippen LogP contribution is 2.28. The minimum absolute atomic E-state index is 1.07. The maximum atomic E-state index is 2.61. The van der Waals surface area contributed by atoms with Crippen molar-refractivity contribution in [3.05, 3.63) is 67.8 Å². The van der Waals surface area contributed by atoms with E-state index in [9.17, 15) is 0 Å². The first-order valence-corrected chi connectivity index (χ1v) is 10.3. The quantitative estimate of drug-likeness (QED) is 0.714. The zero-order valence-corrected chi connectivity index (χ0v) is 18.6. The third-order valence-corrected chi connectivity index (χ3v) is 6.89. The molecule has 0 aromatic heterocycles. The van der Waals surface area contributed by atoms with Crippen LogP contribution in [0, 0.1) is 55.4 Å². The van der Waals surface area contributed by atoms with Gasteiger partial charge in [-0.1, -0.05) is 17.7 Å². The Labute approximate surface area is 166 Å². The molecule has 0 amide bonds. The molecule has 1 saturated heterocycles. The lowest BCUT2D eigenvalue weighted by molar-refractivity contribution is 0.234. The van der Waals surface area contributed by atoms with Crippen LogP contribution in [-0.2, 0) is 13.1 Å². The van der Waals surface area contributed by atoms with E-state index in [-0.39, 0.29) is 0 Å². The van der Waals surface area contributed by atoms with Crippen molar-refractivity contribution in [1.82, 2.24) is 9.80 Å². The molecule has 0 aliphatic carbocycles. The monoisotopic (exact) mass is 364 g/mol. The zero-order chi connectivity index (χ0) is 19.9. The molecule has 0 unspecified atom stereocenters. The molecule has 27 heavy (non-hydrogen) atoms. The van der Waals surface area contributed by atoms with E-state index in [1.165, 1.54) is 50.1 Å². The van der Waals surface area contributed by atoms with Crippen LogP contribution in [-0.4, -0.2) is 29.6 Å². The van der Waals surface area contributed by atoms with Gasteiger partial charge in [-0.2, -0.15) is 0 Å². The maximum Gasteiger partial charge on any atom is 0.0513 e. The summed E-state index contributed by atoms with van der Waals surface area (Å²) in [6.45, 7) is 23.7. The second-order valence-electron chi connectivity index (χ2n) is 8.73. The van der Waals surface area contributed by atoms with Gasteiger partial charge in [0.05, 0.1) is 6.67 Å². The fraction of sp³-hybridized carbons (Fsp3) is 0.520. The summed E-state index contributed by atoms with van der Waals surface area (Å²) < 4.78 is 0. The first-order chi connectivity index (χ1) is 12.7. The Morgan fingerprint density at radius 2 is 1.00 bits per heavy atom. The van der Waals surface area contributed by atoms with Crippen molar-refractivity contribution in [1.29, 1.82) is 0 Å². The van der Waals surface area contributed by atoms with Crippen LogP contribution in [0.25, 0.3) is 0 Å². The van der Waals surface area contributed by atoms with Gasteiger partial charge in [0.25, 0.3) is 0 Å². The van der Waals surface area contributed by atoms with E-state index in [0.717, 1.165) is 32.8 Å². The van der Waals surface area contributed by atoms with Crippen molar-refractivity contribution >= 4 is 0 Å². The Bertz CT molecular complexity index is 811. The number of aryl methyl sites for hydroxylation is 3. The molecule has 2 aromatic carbocycles. The van der Waals surface area contributed by atoms with Gasteiger partial charge >= 0.3 is 0 Å². The Balaban J connectivity index is 1.73. The molecule has 3 rings (SSSR count).